The lowest BCUT2D eigenvalue weighted by Crippen LogP contribution is -2.37. The van der Waals surface area contributed by atoms with Crippen molar-refractivity contribution in [2.75, 3.05) is 23.4 Å². The van der Waals surface area contributed by atoms with E-state index >= 15 is 0 Å². The van der Waals surface area contributed by atoms with Crippen molar-refractivity contribution >= 4 is 46.8 Å². The van der Waals surface area contributed by atoms with Gasteiger partial charge < -0.3 is 15.0 Å². The number of imide groups is 1. The summed E-state index contributed by atoms with van der Waals surface area (Å²) in [5.74, 6) is -1.70. The zero-order valence-corrected chi connectivity index (χ0v) is 17.9. The molecule has 0 bridgehead atoms. The average molecular weight is 444 g/mol. The van der Waals surface area contributed by atoms with Gasteiger partial charge in [-0.3, -0.25) is 14.9 Å². The van der Waals surface area contributed by atoms with Gasteiger partial charge in [-0.2, -0.15) is 0 Å². The van der Waals surface area contributed by atoms with Crippen LogP contribution < -0.4 is 15.5 Å². The number of nitrogens with zero attached hydrogens (tertiary/aromatic N) is 1. The molecule has 0 radical (unpaired) electrons. The van der Waals surface area contributed by atoms with Crippen LogP contribution in [0.4, 0.5) is 16.2 Å². The first-order chi connectivity index (χ1) is 14.8. The number of rotatable bonds is 5. The molecule has 4 amide bonds. The van der Waals surface area contributed by atoms with E-state index in [0.717, 1.165) is 11.1 Å². The summed E-state index contributed by atoms with van der Waals surface area (Å²) in [7, 11) is 0. The first-order valence-corrected chi connectivity index (χ1v) is 10.1. The van der Waals surface area contributed by atoms with Gasteiger partial charge in [-0.15, -0.1) is 0 Å². The number of ether oxygens (including phenoxy) is 1. The van der Waals surface area contributed by atoms with E-state index in [-0.39, 0.29) is 11.5 Å². The van der Waals surface area contributed by atoms with E-state index < -0.39 is 24.5 Å². The first-order valence-electron chi connectivity index (χ1n) is 9.70. The third kappa shape index (κ3) is 5.40. The quantitative estimate of drug-likeness (QED) is 0.687. The second-order valence-electron chi connectivity index (χ2n) is 7.14. The highest BCUT2D eigenvalue weighted by molar-refractivity contribution is 6.31. The van der Waals surface area contributed by atoms with Gasteiger partial charge in [0.1, 0.15) is 0 Å². The summed E-state index contributed by atoms with van der Waals surface area (Å²) in [6.45, 7) is 3.57. The van der Waals surface area contributed by atoms with Gasteiger partial charge in [-0.25, -0.2) is 9.59 Å². The van der Waals surface area contributed by atoms with Crippen LogP contribution in [0.15, 0.2) is 36.4 Å². The van der Waals surface area contributed by atoms with Crippen LogP contribution in [0, 0.1) is 13.8 Å². The fourth-order valence-corrected chi connectivity index (χ4v) is 3.38. The normalized spacial score (nSPS) is 13.1. The number of halogens is 1. The van der Waals surface area contributed by atoms with Gasteiger partial charge in [0.2, 0.25) is 5.91 Å². The van der Waals surface area contributed by atoms with Crippen LogP contribution in [0.5, 0.6) is 0 Å². The lowest BCUT2D eigenvalue weighted by molar-refractivity contribution is -0.123. The molecule has 1 aliphatic rings. The molecule has 0 spiro atoms. The van der Waals surface area contributed by atoms with Gasteiger partial charge in [0.25, 0.3) is 5.91 Å². The van der Waals surface area contributed by atoms with E-state index in [4.69, 9.17) is 16.3 Å². The van der Waals surface area contributed by atoms with Crippen LogP contribution in [0.25, 0.3) is 0 Å². The zero-order valence-electron chi connectivity index (χ0n) is 17.2. The SMILES string of the molecule is Cc1cccc(NC(=O)NC(=O)COC(=O)c2ccc(Cl)cc2N2CCCC2=O)c1C. The molecule has 1 saturated heterocycles. The van der Waals surface area contributed by atoms with E-state index in [1.54, 1.807) is 12.1 Å². The molecule has 0 saturated carbocycles. The van der Waals surface area contributed by atoms with E-state index in [1.165, 1.54) is 23.1 Å². The number of hydrogen-bond acceptors (Lipinski definition) is 5. The predicted octanol–water partition coefficient (Wildman–Crippen LogP) is 3.59. The Kier molecular flexibility index (Phi) is 6.91. The second kappa shape index (κ2) is 9.61. The topological polar surface area (TPSA) is 105 Å². The molecule has 1 aliphatic heterocycles. The summed E-state index contributed by atoms with van der Waals surface area (Å²) < 4.78 is 5.05. The zero-order chi connectivity index (χ0) is 22.5. The smallest absolute Gasteiger partial charge is 0.340 e. The molecule has 0 aromatic heterocycles. The van der Waals surface area contributed by atoms with Crippen molar-refractivity contribution in [3.8, 4) is 0 Å². The number of benzene rings is 2. The molecular formula is C22H22ClN3O5. The van der Waals surface area contributed by atoms with E-state index in [9.17, 15) is 19.2 Å². The molecule has 2 aromatic carbocycles. The highest BCUT2D eigenvalue weighted by atomic mass is 35.5. The van der Waals surface area contributed by atoms with Crippen molar-refractivity contribution < 1.29 is 23.9 Å². The monoisotopic (exact) mass is 443 g/mol. The fraction of sp³-hybridized carbons (Fsp3) is 0.273. The Morgan fingerprint density at radius 3 is 2.65 bits per heavy atom. The van der Waals surface area contributed by atoms with E-state index in [0.29, 0.717) is 35.8 Å². The number of esters is 1. The number of hydrogen-bond donors (Lipinski definition) is 2. The maximum absolute atomic E-state index is 12.5. The number of amides is 4. The van der Waals surface area contributed by atoms with Crippen molar-refractivity contribution in [2.24, 2.45) is 0 Å². The summed E-state index contributed by atoms with van der Waals surface area (Å²) in [4.78, 5) is 50.2. The Hall–Kier alpha value is -3.39. The summed E-state index contributed by atoms with van der Waals surface area (Å²) in [6, 6.07) is 9.13. The Balaban J connectivity index is 1.59. The standard InChI is InChI=1S/C22H22ClN3O5/c1-13-5-3-6-17(14(13)2)24-22(30)25-19(27)12-31-21(29)16-9-8-15(23)11-18(16)26-10-4-7-20(26)28/h3,5-6,8-9,11H,4,7,10,12H2,1-2H3,(H2,24,25,27,30). The molecular weight excluding hydrogens is 422 g/mol. The largest absolute Gasteiger partial charge is 0.452 e. The van der Waals surface area contributed by atoms with Crippen LogP contribution in [-0.4, -0.2) is 37.0 Å². The van der Waals surface area contributed by atoms with Crippen molar-refractivity contribution in [3.63, 3.8) is 0 Å². The molecule has 3 rings (SSSR count). The van der Waals surface area contributed by atoms with Crippen LogP contribution in [0.1, 0.15) is 34.3 Å². The molecule has 0 unspecified atom stereocenters. The number of carbonyl (C=O) groups is 4. The molecule has 162 valence electrons. The Morgan fingerprint density at radius 2 is 1.94 bits per heavy atom. The Labute approximate surface area is 184 Å². The van der Waals surface area contributed by atoms with Gasteiger partial charge in [0.05, 0.1) is 11.3 Å². The summed E-state index contributed by atoms with van der Waals surface area (Å²) in [5, 5.41) is 5.07. The minimum Gasteiger partial charge on any atom is -0.452 e. The number of aryl methyl sites for hydroxylation is 1. The van der Waals surface area contributed by atoms with E-state index in [1.807, 2.05) is 19.9 Å². The van der Waals surface area contributed by atoms with Crippen LogP contribution in [0.3, 0.4) is 0 Å². The Morgan fingerprint density at radius 1 is 1.16 bits per heavy atom. The number of urea groups is 1. The lowest BCUT2D eigenvalue weighted by atomic mass is 10.1. The summed E-state index contributed by atoms with van der Waals surface area (Å²) in [6.07, 6.45) is 1.07. The van der Waals surface area contributed by atoms with Gasteiger partial charge in [0, 0.05) is 23.7 Å². The highest BCUT2D eigenvalue weighted by Gasteiger charge is 2.27. The molecule has 1 fully saturated rings. The molecule has 1 heterocycles. The number of anilines is 2. The Bertz CT molecular complexity index is 1050. The summed E-state index contributed by atoms with van der Waals surface area (Å²) >= 11 is 6.02. The van der Waals surface area contributed by atoms with Gasteiger partial charge >= 0.3 is 12.0 Å². The maximum Gasteiger partial charge on any atom is 0.340 e. The first kappa shape index (κ1) is 22.3. The van der Waals surface area contributed by atoms with Crippen LogP contribution in [0.2, 0.25) is 5.02 Å². The number of carbonyl (C=O) groups excluding carboxylic acids is 4. The molecule has 31 heavy (non-hydrogen) atoms. The molecule has 8 nitrogen and oxygen atoms in total. The molecule has 2 N–H and O–H groups in total. The minimum atomic E-state index is -0.795. The molecule has 0 atom stereocenters. The molecule has 9 heteroatoms. The molecule has 0 aliphatic carbocycles. The third-order valence-electron chi connectivity index (χ3n) is 4.98. The lowest BCUT2D eigenvalue weighted by Gasteiger charge is -2.19. The van der Waals surface area contributed by atoms with Crippen molar-refractivity contribution in [1.29, 1.82) is 0 Å². The van der Waals surface area contributed by atoms with Gasteiger partial charge in [-0.1, -0.05) is 23.7 Å². The second-order valence-corrected chi connectivity index (χ2v) is 7.57. The third-order valence-corrected chi connectivity index (χ3v) is 5.22. The van der Waals surface area contributed by atoms with Crippen molar-refractivity contribution in [2.45, 2.75) is 26.7 Å². The van der Waals surface area contributed by atoms with Crippen LogP contribution >= 0.6 is 11.6 Å². The number of nitrogens with one attached hydrogen (secondary N) is 2. The minimum absolute atomic E-state index is 0.114. The molecule has 2 aromatic rings. The summed E-state index contributed by atoms with van der Waals surface area (Å²) in [5.41, 5.74) is 2.90. The van der Waals surface area contributed by atoms with Crippen LogP contribution in [-0.2, 0) is 14.3 Å². The fourth-order valence-electron chi connectivity index (χ4n) is 3.22. The van der Waals surface area contributed by atoms with Crippen molar-refractivity contribution in [3.05, 3.63) is 58.1 Å². The van der Waals surface area contributed by atoms with Gasteiger partial charge in [0.15, 0.2) is 6.61 Å². The van der Waals surface area contributed by atoms with E-state index in [2.05, 4.69) is 10.6 Å². The predicted molar refractivity (Wildman–Crippen MR) is 116 cm³/mol. The van der Waals surface area contributed by atoms with Gasteiger partial charge in [-0.05, 0) is 55.7 Å². The average Bonchev–Trinajstić information content (AvgIpc) is 3.15. The maximum atomic E-state index is 12.5. The van der Waals surface area contributed by atoms with Crippen molar-refractivity contribution in [1.82, 2.24) is 5.32 Å². The highest BCUT2D eigenvalue weighted by Crippen LogP contribution is 2.29.